The number of rotatable bonds is 4. The minimum Gasteiger partial charge on any atom is -0.496 e. The first-order chi connectivity index (χ1) is 9.20. The number of benzene rings is 2. The van der Waals surface area contributed by atoms with E-state index < -0.39 is 0 Å². The van der Waals surface area contributed by atoms with Crippen LogP contribution in [0.2, 0.25) is 5.02 Å². The van der Waals surface area contributed by atoms with E-state index >= 15 is 0 Å². The van der Waals surface area contributed by atoms with Crippen LogP contribution in [0.25, 0.3) is 0 Å². The third-order valence-electron chi connectivity index (χ3n) is 2.62. The number of esters is 1. The van der Waals surface area contributed by atoms with Crippen molar-refractivity contribution in [2.45, 2.75) is 6.61 Å². The van der Waals surface area contributed by atoms with Gasteiger partial charge in [0, 0.05) is 10.6 Å². The van der Waals surface area contributed by atoms with E-state index in [0.717, 1.165) is 5.56 Å². The maximum Gasteiger partial charge on any atom is 0.338 e. The van der Waals surface area contributed by atoms with Gasteiger partial charge in [-0.25, -0.2) is 4.79 Å². The van der Waals surface area contributed by atoms with E-state index in [-0.39, 0.29) is 12.6 Å². The van der Waals surface area contributed by atoms with Gasteiger partial charge < -0.3 is 9.47 Å². The fourth-order valence-electron chi connectivity index (χ4n) is 1.64. The molecule has 0 aliphatic carbocycles. The van der Waals surface area contributed by atoms with Crippen molar-refractivity contribution in [3.05, 3.63) is 64.7 Å². The van der Waals surface area contributed by atoms with Crippen LogP contribution in [0.3, 0.4) is 0 Å². The molecule has 2 rings (SSSR count). The molecule has 0 aromatic heterocycles. The molecule has 2 aromatic rings. The van der Waals surface area contributed by atoms with Gasteiger partial charge >= 0.3 is 5.97 Å². The van der Waals surface area contributed by atoms with Crippen molar-refractivity contribution in [3.8, 4) is 5.75 Å². The summed E-state index contributed by atoms with van der Waals surface area (Å²) in [6.45, 7) is 0.147. The van der Waals surface area contributed by atoms with E-state index in [0.29, 0.717) is 16.3 Å². The molecule has 19 heavy (non-hydrogen) atoms. The van der Waals surface area contributed by atoms with Crippen LogP contribution in [0.4, 0.5) is 0 Å². The Morgan fingerprint density at radius 3 is 2.58 bits per heavy atom. The Balaban J connectivity index is 2.05. The van der Waals surface area contributed by atoms with Crippen LogP contribution >= 0.6 is 11.6 Å². The quantitative estimate of drug-likeness (QED) is 0.799. The molecule has 0 saturated carbocycles. The SMILES string of the molecule is COc1cc(Cl)ccc1COC(=O)c1ccccc1. The lowest BCUT2D eigenvalue weighted by Crippen LogP contribution is -2.05. The first kappa shape index (κ1) is 13.4. The third kappa shape index (κ3) is 3.48. The number of carbonyl (C=O) groups excluding carboxylic acids is 1. The summed E-state index contributed by atoms with van der Waals surface area (Å²) in [7, 11) is 1.55. The fraction of sp³-hybridized carbons (Fsp3) is 0.133. The van der Waals surface area contributed by atoms with Crippen molar-refractivity contribution in [2.75, 3.05) is 7.11 Å². The van der Waals surface area contributed by atoms with Gasteiger partial charge in [0.15, 0.2) is 0 Å². The zero-order chi connectivity index (χ0) is 13.7. The first-order valence-electron chi connectivity index (χ1n) is 5.75. The number of methoxy groups -OCH3 is 1. The van der Waals surface area contributed by atoms with Crippen LogP contribution in [-0.4, -0.2) is 13.1 Å². The fourth-order valence-corrected chi connectivity index (χ4v) is 1.80. The normalized spacial score (nSPS) is 10.0. The maximum atomic E-state index is 11.8. The van der Waals surface area contributed by atoms with Gasteiger partial charge in [0.1, 0.15) is 12.4 Å². The van der Waals surface area contributed by atoms with Gasteiger partial charge in [0.2, 0.25) is 0 Å². The standard InChI is InChI=1S/C15H13ClO3/c1-18-14-9-13(16)8-7-12(14)10-19-15(17)11-5-3-2-4-6-11/h2-9H,10H2,1H3. The summed E-state index contributed by atoms with van der Waals surface area (Å²) < 4.78 is 10.4. The predicted molar refractivity (Wildman–Crippen MR) is 73.6 cm³/mol. The number of carbonyl (C=O) groups is 1. The molecule has 0 N–H and O–H groups in total. The van der Waals surface area contributed by atoms with Crippen LogP contribution in [-0.2, 0) is 11.3 Å². The molecule has 0 atom stereocenters. The molecule has 0 unspecified atom stereocenters. The van der Waals surface area contributed by atoms with Crippen molar-refractivity contribution >= 4 is 17.6 Å². The Bertz CT molecular complexity index is 567. The lowest BCUT2D eigenvalue weighted by atomic mass is 10.2. The molecule has 4 heteroatoms. The Morgan fingerprint density at radius 2 is 1.89 bits per heavy atom. The van der Waals surface area contributed by atoms with E-state index in [2.05, 4.69) is 0 Å². The minimum atomic E-state index is -0.363. The molecule has 0 aliphatic heterocycles. The monoisotopic (exact) mass is 276 g/mol. The molecule has 0 saturated heterocycles. The van der Waals surface area contributed by atoms with Crippen LogP contribution in [0.5, 0.6) is 5.75 Å². The number of hydrogen-bond acceptors (Lipinski definition) is 3. The van der Waals surface area contributed by atoms with Gasteiger partial charge in [-0.1, -0.05) is 35.9 Å². The van der Waals surface area contributed by atoms with Crippen LogP contribution in [0.1, 0.15) is 15.9 Å². The van der Waals surface area contributed by atoms with Crippen molar-refractivity contribution in [3.63, 3.8) is 0 Å². The van der Waals surface area contributed by atoms with Gasteiger partial charge in [0.25, 0.3) is 0 Å². The van der Waals surface area contributed by atoms with Crippen LogP contribution in [0.15, 0.2) is 48.5 Å². The highest BCUT2D eigenvalue weighted by molar-refractivity contribution is 6.30. The molecule has 0 radical (unpaired) electrons. The molecule has 0 aliphatic rings. The van der Waals surface area contributed by atoms with Crippen molar-refractivity contribution in [1.82, 2.24) is 0 Å². The average molecular weight is 277 g/mol. The summed E-state index contributed by atoms with van der Waals surface area (Å²) in [6.07, 6.45) is 0. The van der Waals surface area contributed by atoms with Gasteiger partial charge in [-0.15, -0.1) is 0 Å². The molecule has 2 aromatic carbocycles. The van der Waals surface area contributed by atoms with Crippen LogP contribution < -0.4 is 4.74 Å². The summed E-state index contributed by atoms with van der Waals surface area (Å²) in [5.74, 6) is 0.242. The zero-order valence-corrected chi connectivity index (χ0v) is 11.2. The summed E-state index contributed by atoms with van der Waals surface area (Å²) in [6, 6.07) is 14.0. The van der Waals surface area contributed by atoms with E-state index in [1.165, 1.54) is 0 Å². The largest absolute Gasteiger partial charge is 0.496 e. The van der Waals surface area contributed by atoms with Gasteiger partial charge in [-0.3, -0.25) is 0 Å². The van der Waals surface area contributed by atoms with E-state index in [1.807, 2.05) is 6.07 Å². The summed E-state index contributed by atoms with van der Waals surface area (Å²) >= 11 is 5.87. The molecule has 0 spiro atoms. The summed E-state index contributed by atoms with van der Waals surface area (Å²) in [5.41, 5.74) is 1.30. The zero-order valence-electron chi connectivity index (χ0n) is 10.4. The second-order valence-corrected chi connectivity index (χ2v) is 4.33. The predicted octanol–water partition coefficient (Wildman–Crippen LogP) is 3.71. The molecular weight excluding hydrogens is 264 g/mol. The number of ether oxygens (including phenoxy) is 2. The number of halogens is 1. The molecule has 0 bridgehead atoms. The van der Waals surface area contributed by atoms with Crippen molar-refractivity contribution in [1.29, 1.82) is 0 Å². The van der Waals surface area contributed by atoms with Gasteiger partial charge in [-0.2, -0.15) is 0 Å². The van der Waals surface area contributed by atoms with E-state index in [9.17, 15) is 4.79 Å². The molecule has 0 heterocycles. The smallest absolute Gasteiger partial charge is 0.338 e. The highest BCUT2D eigenvalue weighted by Gasteiger charge is 2.09. The Morgan fingerprint density at radius 1 is 1.16 bits per heavy atom. The van der Waals surface area contributed by atoms with Gasteiger partial charge in [-0.05, 0) is 24.3 Å². The van der Waals surface area contributed by atoms with E-state index in [1.54, 1.807) is 49.6 Å². The molecule has 3 nitrogen and oxygen atoms in total. The maximum absolute atomic E-state index is 11.8. The minimum absolute atomic E-state index is 0.147. The number of hydrogen-bond donors (Lipinski definition) is 0. The Hall–Kier alpha value is -2.00. The van der Waals surface area contributed by atoms with E-state index in [4.69, 9.17) is 21.1 Å². The Labute approximate surface area is 116 Å². The molecule has 98 valence electrons. The highest BCUT2D eigenvalue weighted by atomic mass is 35.5. The topological polar surface area (TPSA) is 35.5 Å². The summed E-state index contributed by atoms with van der Waals surface area (Å²) in [5, 5.41) is 0.579. The average Bonchev–Trinajstić information content (AvgIpc) is 2.46. The second-order valence-electron chi connectivity index (χ2n) is 3.90. The lowest BCUT2D eigenvalue weighted by Gasteiger charge is -2.09. The molecule has 0 fully saturated rings. The second kappa shape index (κ2) is 6.25. The van der Waals surface area contributed by atoms with Crippen molar-refractivity contribution in [2.24, 2.45) is 0 Å². The van der Waals surface area contributed by atoms with Crippen molar-refractivity contribution < 1.29 is 14.3 Å². The van der Waals surface area contributed by atoms with Gasteiger partial charge in [0.05, 0.1) is 12.7 Å². The molecule has 0 amide bonds. The summed E-state index contributed by atoms with van der Waals surface area (Å²) in [4.78, 5) is 11.8. The first-order valence-corrected chi connectivity index (χ1v) is 6.13. The molecular formula is C15H13ClO3. The highest BCUT2D eigenvalue weighted by Crippen LogP contribution is 2.24. The lowest BCUT2D eigenvalue weighted by molar-refractivity contribution is 0.0470. The van der Waals surface area contributed by atoms with Crippen LogP contribution in [0, 0.1) is 0 Å². The third-order valence-corrected chi connectivity index (χ3v) is 2.85. The Kier molecular flexibility index (Phi) is 4.42.